The molecule has 0 radical (unpaired) electrons. The highest BCUT2D eigenvalue weighted by molar-refractivity contribution is 5.19. The minimum atomic E-state index is 0.458. The molecule has 0 aliphatic heterocycles. The zero-order valence-corrected chi connectivity index (χ0v) is 12.9. The number of nitrogens with zero attached hydrogens (tertiary/aromatic N) is 1. The van der Waals surface area contributed by atoms with Gasteiger partial charge in [0.25, 0.3) is 0 Å². The molecule has 1 aromatic carbocycles. The zero-order valence-electron chi connectivity index (χ0n) is 12.9. The van der Waals surface area contributed by atoms with Gasteiger partial charge in [0.1, 0.15) is 0 Å². The SMILES string of the molecule is CCCNC(CN(CCC)CCC)c1ccccc1. The van der Waals surface area contributed by atoms with E-state index in [1.165, 1.54) is 37.9 Å². The first kappa shape index (κ1) is 16.2. The minimum Gasteiger partial charge on any atom is -0.309 e. The van der Waals surface area contributed by atoms with Crippen molar-refractivity contribution in [1.82, 2.24) is 10.2 Å². The van der Waals surface area contributed by atoms with Crippen molar-refractivity contribution in [2.75, 3.05) is 26.2 Å². The van der Waals surface area contributed by atoms with Gasteiger partial charge in [-0.1, -0.05) is 51.1 Å². The molecule has 0 saturated heterocycles. The lowest BCUT2D eigenvalue weighted by atomic mass is 10.1. The lowest BCUT2D eigenvalue weighted by molar-refractivity contribution is 0.243. The topological polar surface area (TPSA) is 15.3 Å². The van der Waals surface area contributed by atoms with E-state index in [0.717, 1.165) is 13.1 Å². The Kier molecular flexibility index (Phi) is 8.52. The summed E-state index contributed by atoms with van der Waals surface area (Å²) in [5.74, 6) is 0. The fourth-order valence-corrected chi connectivity index (χ4v) is 2.48. The standard InChI is InChI=1S/C17H30N2/c1-4-12-18-17(16-10-8-7-9-11-16)15-19(13-5-2)14-6-3/h7-11,17-18H,4-6,12-15H2,1-3H3. The molecule has 1 N–H and O–H groups in total. The largest absolute Gasteiger partial charge is 0.309 e. The second-order valence-electron chi connectivity index (χ2n) is 5.22. The van der Waals surface area contributed by atoms with Gasteiger partial charge in [-0.15, -0.1) is 0 Å². The van der Waals surface area contributed by atoms with Crippen LogP contribution >= 0.6 is 0 Å². The van der Waals surface area contributed by atoms with Crippen LogP contribution in [0.5, 0.6) is 0 Å². The summed E-state index contributed by atoms with van der Waals surface area (Å²) in [5, 5.41) is 3.69. The van der Waals surface area contributed by atoms with Crippen LogP contribution in [-0.2, 0) is 0 Å². The monoisotopic (exact) mass is 262 g/mol. The van der Waals surface area contributed by atoms with Crippen LogP contribution < -0.4 is 5.32 Å². The van der Waals surface area contributed by atoms with Crippen molar-refractivity contribution in [2.45, 2.75) is 46.1 Å². The third-order valence-corrected chi connectivity index (χ3v) is 3.36. The van der Waals surface area contributed by atoms with Crippen molar-refractivity contribution < 1.29 is 0 Å². The molecule has 0 bridgehead atoms. The van der Waals surface area contributed by atoms with Gasteiger partial charge in [-0.2, -0.15) is 0 Å². The van der Waals surface area contributed by atoms with Crippen LogP contribution in [-0.4, -0.2) is 31.1 Å². The van der Waals surface area contributed by atoms with E-state index in [2.05, 4.69) is 61.3 Å². The van der Waals surface area contributed by atoms with Crippen molar-refractivity contribution in [1.29, 1.82) is 0 Å². The van der Waals surface area contributed by atoms with Crippen LogP contribution in [0.2, 0.25) is 0 Å². The molecule has 1 aromatic rings. The van der Waals surface area contributed by atoms with Crippen molar-refractivity contribution in [3.63, 3.8) is 0 Å². The van der Waals surface area contributed by atoms with Crippen LogP contribution in [0.25, 0.3) is 0 Å². The molecule has 19 heavy (non-hydrogen) atoms. The van der Waals surface area contributed by atoms with Crippen molar-refractivity contribution in [2.24, 2.45) is 0 Å². The number of rotatable bonds is 10. The first-order valence-electron chi connectivity index (χ1n) is 7.82. The van der Waals surface area contributed by atoms with Gasteiger partial charge in [0.05, 0.1) is 0 Å². The average Bonchev–Trinajstić information content (AvgIpc) is 2.44. The second kappa shape index (κ2) is 9.99. The lowest BCUT2D eigenvalue weighted by Gasteiger charge is -2.28. The normalized spacial score (nSPS) is 12.8. The first-order valence-corrected chi connectivity index (χ1v) is 7.82. The molecule has 0 aliphatic rings. The molecular weight excluding hydrogens is 232 g/mol. The van der Waals surface area contributed by atoms with E-state index in [9.17, 15) is 0 Å². The third-order valence-electron chi connectivity index (χ3n) is 3.36. The van der Waals surface area contributed by atoms with Gasteiger partial charge in [-0.25, -0.2) is 0 Å². The fourth-order valence-electron chi connectivity index (χ4n) is 2.48. The molecule has 0 saturated carbocycles. The number of nitrogens with one attached hydrogen (secondary N) is 1. The Morgan fingerprint density at radius 2 is 1.58 bits per heavy atom. The van der Waals surface area contributed by atoms with E-state index < -0.39 is 0 Å². The molecule has 0 amide bonds. The van der Waals surface area contributed by atoms with Gasteiger partial charge in [-0.3, -0.25) is 0 Å². The smallest absolute Gasteiger partial charge is 0.0449 e. The van der Waals surface area contributed by atoms with E-state index in [0.29, 0.717) is 6.04 Å². The predicted molar refractivity (Wildman–Crippen MR) is 84.5 cm³/mol. The highest BCUT2D eigenvalue weighted by Crippen LogP contribution is 2.14. The van der Waals surface area contributed by atoms with Crippen LogP contribution in [0.4, 0.5) is 0 Å². The maximum absolute atomic E-state index is 3.69. The molecule has 0 aliphatic carbocycles. The molecule has 0 fully saturated rings. The van der Waals surface area contributed by atoms with Gasteiger partial charge >= 0.3 is 0 Å². The number of benzene rings is 1. The van der Waals surface area contributed by atoms with E-state index in [1.54, 1.807) is 0 Å². The van der Waals surface area contributed by atoms with Gasteiger partial charge in [0.2, 0.25) is 0 Å². The van der Waals surface area contributed by atoms with Crippen LogP contribution in [0.3, 0.4) is 0 Å². The first-order chi connectivity index (χ1) is 9.31. The van der Waals surface area contributed by atoms with Gasteiger partial charge in [0.15, 0.2) is 0 Å². The number of hydrogen-bond acceptors (Lipinski definition) is 2. The molecule has 1 atom stereocenters. The molecule has 0 aromatic heterocycles. The molecule has 2 nitrogen and oxygen atoms in total. The Bertz CT molecular complexity index is 304. The van der Waals surface area contributed by atoms with Crippen LogP contribution in [0.15, 0.2) is 30.3 Å². The van der Waals surface area contributed by atoms with Crippen LogP contribution in [0.1, 0.15) is 51.6 Å². The van der Waals surface area contributed by atoms with E-state index in [1.807, 2.05) is 0 Å². The molecule has 108 valence electrons. The van der Waals surface area contributed by atoms with Crippen molar-refractivity contribution >= 4 is 0 Å². The van der Waals surface area contributed by atoms with E-state index >= 15 is 0 Å². The summed E-state index contributed by atoms with van der Waals surface area (Å²) in [5.41, 5.74) is 1.41. The molecule has 0 spiro atoms. The summed E-state index contributed by atoms with van der Waals surface area (Å²) in [6, 6.07) is 11.3. The Morgan fingerprint density at radius 3 is 2.11 bits per heavy atom. The van der Waals surface area contributed by atoms with E-state index in [4.69, 9.17) is 0 Å². The minimum absolute atomic E-state index is 0.458. The molecule has 1 unspecified atom stereocenters. The Morgan fingerprint density at radius 1 is 0.947 bits per heavy atom. The Labute approximate surface area is 119 Å². The summed E-state index contributed by atoms with van der Waals surface area (Å²) < 4.78 is 0. The summed E-state index contributed by atoms with van der Waals surface area (Å²) >= 11 is 0. The molecule has 1 rings (SSSR count). The van der Waals surface area contributed by atoms with Crippen LogP contribution in [0, 0.1) is 0 Å². The summed E-state index contributed by atoms with van der Waals surface area (Å²) in [6.07, 6.45) is 3.65. The predicted octanol–water partition coefficient (Wildman–Crippen LogP) is 3.85. The summed E-state index contributed by atoms with van der Waals surface area (Å²) in [4.78, 5) is 2.58. The highest BCUT2D eigenvalue weighted by Gasteiger charge is 2.14. The Balaban J connectivity index is 2.67. The highest BCUT2D eigenvalue weighted by atomic mass is 15.1. The second-order valence-corrected chi connectivity index (χ2v) is 5.22. The quantitative estimate of drug-likeness (QED) is 0.689. The summed E-state index contributed by atoms with van der Waals surface area (Å²) in [6.45, 7) is 11.4. The zero-order chi connectivity index (χ0) is 13.9. The molecule has 0 heterocycles. The van der Waals surface area contributed by atoms with Gasteiger partial charge < -0.3 is 10.2 Å². The van der Waals surface area contributed by atoms with E-state index in [-0.39, 0.29) is 0 Å². The van der Waals surface area contributed by atoms with Crippen molar-refractivity contribution in [3.05, 3.63) is 35.9 Å². The maximum atomic E-state index is 3.69. The Hall–Kier alpha value is -0.860. The fraction of sp³-hybridized carbons (Fsp3) is 0.647. The maximum Gasteiger partial charge on any atom is 0.0449 e. The lowest BCUT2D eigenvalue weighted by Crippen LogP contribution is -2.36. The third kappa shape index (κ3) is 6.22. The molecular formula is C17H30N2. The van der Waals surface area contributed by atoms with Gasteiger partial charge in [-0.05, 0) is 44.5 Å². The average molecular weight is 262 g/mol. The molecule has 2 heteroatoms. The van der Waals surface area contributed by atoms with Gasteiger partial charge in [0, 0.05) is 12.6 Å². The summed E-state index contributed by atoms with van der Waals surface area (Å²) in [7, 11) is 0. The van der Waals surface area contributed by atoms with Crippen molar-refractivity contribution in [3.8, 4) is 0 Å². The number of hydrogen-bond donors (Lipinski definition) is 1.